The lowest BCUT2D eigenvalue weighted by Gasteiger charge is -2.35. The van der Waals surface area contributed by atoms with Crippen LogP contribution in [-0.2, 0) is 18.6 Å². The first-order valence-corrected chi connectivity index (χ1v) is 11.6. The van der Waals surface area contributed by atoms with Crippen molar-refractivity contribution in [2.45, 2.75) is 49.3 Å². The number of rotatable bonds is 9. The van der Waals surface area contributed by atoms with Crippen LogP contribution in [0.1, 0.15) is 31.9 Å². The van der Waals surface area contributed by atoms with Gasteiger partial charge in [-0.2, -0.15) is 5.10 Å². The molecule has 0 aliphatic rings. The molecule has 9 heteroatoms. The summed E-state index contributed by atoms with van der Waals surface area (Å²) in [5, 5.41) is 15.1. The number of hydrogen-bond acceptors (Lipinski definition) is 6. The third-order valence-electron chi connectivity index (χ3n) is 4.73. The molecule has 0 spiro atoms. The van der Waals surface area contributed by atoms with E-state index in [4.69, 9.17) is 0 Å². The Hall–Kier alpha value is -1.97. The number of benzene rings is 1. The van der Waals surface area contributed by atoms with E-state index in [-0.39, 0.29) is 16.9 Å². The topological polar surface area (TPSA) is 63.8 Å². The van der Waals surface area contributed by atoms with Crippen LogP contribution in [0.2, 0.25) is 0 Å². The minimum Gasteiger partial charge on any atom is -0.382 e. The van der Waals surface area contributed by atoms with Crippen molar-refractivity contribution >= 4 is 21.6 Å². The van der Waals surface area contributed by atoms with Crippen LogP contribution in [0.25, 0.3) is 0 Å². The zero-order chi connectivity index (χ0) is 21.8. The predicted octanol–water partition coefficient (Wildman–Crippen LogP) is 4.63. The molecule has 30 heavy (non-hydrogen) atoms. The zero-order valence-electron chi connectivity index (χ0n) is 17.0. The Morgan fingerprint density at radius 1 is 1.13 bits per heavy atom. The summed E-state index contributed by atoms with van der Waals surface area (Å²) in [6, 6.07) is 7.07. The summed E-state index contributed by atoms with van der Waals surface area (Å²) in [4.78, 5) is 7.93. The minimum atomic E-state index is -1.69. The number of halogens is 2. The van der Waals surface area contributed by atoms with Crippen molar-refractivity contribution in [3.8, 4) is 0 Å². The molecule has 0 saturated carbocycles. The highest BCUT2D eigenvalue weighted by Crippen LogP contribution is 2.46. The lowest BCUT2D eigenvalue weighted by Crippen LogP contribution is -2.41. The highest BCUT2D eigenvalue weighted by molar-refractivity contribution is 8.77. The number of aliphatic hydroxyl groups is 1. The molecule has 0 fully saturated rings. The molecule has 0 bridgehead atoms. The van der Waals surface area contributed by atoms with Crippen LogP contribution in [0.15, 0.2) is 55.4 Å². The highest BCUT2D eigenvalue weighted by atomic mass is 33.1. The summed E-state index contributed by atoms with van der Waals surface area (Å²) in [5.41, 5.74) is -0.625. The third kappa shape index (κ3) is 5.59. The predicted molar refractivity (Wildman–Crippen MR) is 117 cm³/mol. The van der Waals surface area contributed by atoms with Gasteiger partial charge in [0, 0.05) is 28.0 Å². The van der Waals surface area contributed by atoms with Gasteiger partial charge in [0.1, 0.15) is 29.9 Å². The van der Waals surface area contributed by atoms with Crippen LogP contribution in [0.3, 0.4) is 0 Å². The van der Waals surface area contributed by atoms with Crippen molar-refractivity contribution in [3.63, 3.8) is 0 Å². The quantitative estimate of drug-likeness (QED) is 0.480. The van der Waals surface area contributed by atoms with Gasteiger partial charge in [-0.1, -0.05) is 21.6 Å². The molecule has 0 aliphatic heterocycles. The van der Waals surface area contributed by atoms with Crippen molar-refractivity contribution in [2.24, 2.45) is 0 Å². The van der Waals surface area contributed by atoms with Gasteiger partial charge in [0.05, 0.1) is 6.54 Å². The fourth-order valence-electron chi connectivity index (χ4n) is 3.13. The number of hydrogen-bond donors (Lipinski definition) is 1. The minimum absolute atomic E-state index is 0.0487. The molecule has 3 rings (SSSR count). The molecule has 0 radical (unpaired) electrons. The summed E-state index contributed by atoms with van der Waals surface area (Å²) < 4.78 is 29.8. The van der Waals surface area contributed by atoms with Gasteiger partial charge in [-0.25, -0.2) is 18.4 Å². The fourth-order valence-corrected chi connectivity index (χ4v) is 5.99. The average Bonchev–Trinajstić information content (AvgIpc) is 3.21. The molecule has 0 saturated heterocycles. The molecular formula is C21H24F2N4OS2. The summed E-state index contributed by atoms with van der Waals surface area (Å²) in [6.45, 7) is 5.97. The second-order valence-corrected chi connectivity index (χ2v) is 11.0. The molecule has 0 aliphatic carbocycles. The molecule has 0 unspecified atom stereocenters. The molecule has 2 aromatic heterocycles. The van der Waals surface area contributed by atoms with Gasteiger partial charge in [0.15, 0.2) is 0 Å². The maximum Gasteiger partial charge on any atom is 0.137 e. The monoisotopic (exact) mass is 450 g/mol. The van der Waals surface area contributed by atoms with Gasteiger partial charge in [0.2, 0.25) is 0 Å². The SMILES string of the molecule is C[C@@H](SSC(C)(C)Cc1ccncc1)[C@](O)(Cn1cncn1)c1cc(F)ccc1F. The van der Waals surface area contributed by atoms with Crippen LogP contribution in [0, 0.1) is 11.6 Å². The smallest absolute Gasteiger partial charge is 0.137 e. The lowest BCUT2D eigenvalue weighted by molar-refractivity contribution is 0.0134. The van der Waals surface area contributed by atoms with Gasteiger partial charge in [-0.15, -0.1) is 0 Å². The van der Waals surface area contributed by atoms with E-state index in [1.165, 1.54) is 28.1 Å². The molecule has 2 atom stereocenters. The second-order valence-electron chi connectivity index (χ2n) is 7.76. The van der Waals surface area contributed by atoms with Gasteiger partial charge < -0.3 is 5.11 Å². The maximum absolute atomic E-state index is 14.6. The van der Waals surface area contributed by atoms with E-state index >= 15 is 0 Å². The van der Waals surface area contributed by atoms with Crippen LogP contribution >= 0.6 is 21.6 Å². The molecule has 1 N–H and O–H groups in total. The normalized spacial score (nSPS) is 15.0. The Bertz CT molecular complexity index is 957. The van der Waals surface area contributed by atoms with Gasteiger partial charge in [-0.05, 0) is 63.1 Å². The van der Waals surface area contributed by atoms with E-state index in [0.717, 1.165) is 30.2 Å². The van der Waals surface area contributed by atoms with E-state index in [9.17, 15) is 13.9 Å². The average molecular weight is 451 g/mol. The Balaban J connectivity index is 1.81. The van der Waals surface area contributed by atoms with E-state index in [2.05, 4.69) is 28.9 Å². The standard InChI is InChI=1S/C21H24F2N4OS2/c1-15(29-30-20(2,3)11-16-6-8-24-9-7-16)21(28,12-27-14-25-13-26-27)18-10-17(22)4-5-19(18)23/h4-10,13-15,28H,11-12H2,1-3H3/t15-,21-/m1/s1. The van der Waals surface area contributed by atoms with E-state index in [0.29, 0.717) is 0 Å². The summed E-state index contributed by atoms with van der Waals surface area (Å²) in [7, 11) is 3.04. The van der Waals surface area contributed by atoms with Crippen molar-refractivity contribution in [1.29, 1.82) is 0 Å². The van der Waals surface area contributed by atoms with Gasteiger partial charge >= 0.3 is 0 Å². The Labute approximate surface area is 182 Å². The third-order valence-corrected chi connectivity index (χ3v) is 8.61. The zero-order valence-corrected chi connectivity index (χ0v) is 18.6. The van der Waals surface area contributed by atoms with Crippen LogP contribution in [0.4, 0.5) is 8.78 Å². The Morgan fingerprint density at radius 3 is 2.53 bits per heavy atom. The van der Waals surface area contributed by atoms with E-state index in [1.807, 2.05) is 19.1 Å². The Morgan fingerprint density at radius 2 is 1.87 bits per heavy atom. The Kier molecular flexibility index (Phi) is 7.15. The molecule has 1 aromatic carbocycles. The maximum atomic E-state index is 14.6. The van der Waals surface area contributed by atoms with E-state index < -0.39 is 22.5 Å². The van der Waals surface area contributed by atoms with E-state index in [1.54, 1.807) is 23.2 Å². The lowest BCUT2D eigenvalue weighted by atomic mass is 9.90. The molecule has 160 valence electrons. The first-order valence-electron chi connectivity index (χ1n) is 9.43. The number of nitrogens with zero attached hydrogens (tertiary/aromatic N) is 4. The van der Waals surface area contributed by atoms with Crippen molar-refractivity contribution < 1.29 is 13.9 Å². The molecule has 5 nitrogen and oxygen atoms in total. The first-order chi connectivity index (χ1) is 14.2. The van der Waals surface area contributed by atoms with Crippen LogP contribution < -0.4 is 0 Å². The number of pyridine rings is 1. The summed E-state index contributed by atoms with van der Waals surface area (Å²) in [6.07, 6.45) is 7.10. The van der Waals surface area contributed by atoms with Gasteiger partial charge in [0.25, 0.3) is 0 Å². The van der Waals surface area contributed by atoms with Gasteiger partial charge in [-0.3, -0.25) is 4.98 Å². The molecule has 3 aromatic rings. The number of aromatic nitrogens is 4. The van der Waals surface area contributed by atoms with Crippen molar-refractivity contribution in [1.82, 2.24) is 19.7 Å². The summed E-state index contributed by atoms with van der Waals surface area (Å²) >= 11 is 0. The summed E-state index contributed by atoms with van der Waals surface area (Å²) in [5.74, 6) is -1.27. The largest absolute Gasteiger partial charge is 0.382 e. The second kappa shape index (κ2) is 9.45. The molecule has 0 amide bonds. The molecular weight excluding hydrogens is 426 g/mol. The van der Waals surface area contributed by atoms with Crippen molar-refractivity contribution in [3.05, 3.63) is 78.1 Å². The van der Waals surface area contributed by atoms with Crippen molar-refractivity contribution in [2.75, 3.05) is 0 Å². The fraction of sp³-hybridized carbons (Fsp3) is 0.381. The van der Waals surface area contributed by atoms with Crippen LogP contribution in [0.5, 0.6) is 0 Å². The first kappa shape index (κ1) is 22.7. The molecule has 2 heterocycles. The van der Waals surface area contributed by atoms with Crippen LogP contribution in [-0.4, -0.2) is 34.9 Å². The highest BCUT2D eigenvalue weighted by Gasteiger charge is 2.40.